The van der Waals surface area contributed by atoms with Crippen molar-refractivity contribution < 1.29 is 0 Å². The maximum atomic E-state index is 4.20. The molecule has 3 aromatic carbocycles. The predicted molar refractivity (Wildman–Crippen MR) is 108 cm³/mol. The lowest BCUT2D eigenvalue weighted by molar-refractivity contribution is 0.891. The van der Waals surface area contributed by atoms with Crippen molar-refractivity contribution in [2.24, 2.45) is 0 Å². The van der Waals surface area contributed by atoms with Crippen LogP contribution in [0.15, 0.2) is 91.5 Å². The van der Waals surface area contributed by atoms with Crippen molar-refractivity contribution in [1.82, 2.24) is 0 Å². The van der Waals surface area contributed by atoms with E-state index < -0.39 is 0 Å². The molecule has 3 aromatic rings. The highest BCUT2D eigenvalue weighted by Gasteiger charge is 2.52. The number of hydrogen-bond donors (Lipinski definition) is 0. The van der Waals surface area contributed by atoms with Gasteiger partial charge < -0.3 is 0 Å². The number of benzene rings is 3. The van der Waals surface area contributed by atoms with Crippen LogP contribution in [0.5, 0.6) is 0 Å². The summed E-state index contributed by atoms with van der Waals surface area (Å²) in [7, 11) is 0. The van der Waals surface area contributed by atoms with E-state index in [0.29, 0.717) is 0 Å². The lowest BCUT2D eigenvalue weighted by Crippen LogP contribution is -2.10. The van der Waals surface area contributed by atoms with E-state index in [4.69, 9.17) is 0 Å². The highest BCUT2D eigenvalue weighted by Crippen LogP contribution is 2.65. The van der Waals surface area contributed by atoms with E-state index in [1.54, 1.807) is 0 Å². The molecule has 0 saturated carbocycles. The molecular weight excluding hydrogens is 300 g/mol. The molecule has 122 valence electrons. The molecule has 0 amide bonds. The summed E-state index contributed by atoms with van der Waals surface area (Å²) in [5.41, 5.74) is 9.10. The summed E-state index contributed by atoms with van der Waals surface area (Å²) in [6.45, 7) is 8.64. The third-order valence-corrected chi connectivity index (χ3v) is 5.24. The smallest absolute Gasteiger partial charge is 0.0447 e. The van der Waals surface area contributed by atoms with Crippen molar-refractivity contribution in [2.45, 2.75) is 19.3 Å². The van der Waals surface area contributed by atoms with E-state index in [1.807, 2.05) is 0 Å². The van der Waals surface area contributed by atoms with Crippen molar-refractivity contribution in [2.75, 3.05) is 0 Å². The van der Waals surface area contributed by atoms with Gasteiger partial charge in [0.2, 0.25) is 0 Å². The molecule has 4 rings (SSSR count). The quantitative estimate of drug-likeness (QED) is 0.507. The molecule has 0 bridgehead atoms. The minimum Gasteiger partial charge on any atom is -0.0955 e. The number of allylic oxidation sites excluding steroid dienone is 3. The van der Waals surface area contributed by atoms with E-state index in [2.05, 4.69) is 105 Å². The van der Waals surface area contributed by atoms with Gasteiger partial charge in [0, 0.05) is 5.41 Å². The van der Waals surface area contributed by atoms with Crippen LogP contribution in [-0.2, 0) is 5.41 Å². The second-order valence-corrected chi connectivity index (χ2v) is 6.93. The topological polar surface area (TPSA) is 0 Å². The van der Waals surface area contributed by atoms with Crippen molar-refractivity contribution >= 4 is 16.7 Å². The average molecular weight is 322 g/mol. The highest BCUT2D eigenvalue weighted by molar-refractivity contribution is 6.19. The standard InChI is InChI=1S/C25H22/c1-18(2)21-16-10-11-17-22(21)25(3)23(19-12-6-4-7-13-19)24(25)20-14-8-5-9-15-20/h4-17H,1H2,2-3H3. The van der Waals surface area contributed by atoms with E-state index in [1.165, 1.54) is 33.4 Å². The Bertz CT molecular complexity index is 910. The zero-order valence-corrected chi connectivity index (χ0v) is 14.8. The molecule has 0 aliphatic heterocycles. The second kappa shape index (κ2) is 5.89. The molecule has 25 heavy (non-hydrogen) atoms. The van der Waals surface area contributed by atoms with Crippen molar-refractivity contribution in [3.05, 3.63) is 114 Å². The van der Waals surface area contributed by atoms with Gasteiger partial charge in [-0.3, -0.25) is 0 Å². The van der Waals surface area contributed by atoms with Crippen LogP contribution in [0.1, 0.15) is 36.1 Å². The summed E-state index contributed by atoms with van der Waals surface area (Å²) in [5.74, 6) is 0. The van der Waals surface area contributed by atoms with Crippen LogP contribution in [0.3, 0.4) is 0 Å². The minimum atomic E-state index is -0.0712. The number of hydrogen-bond acceptors (Lipinski definition) is 0. The van der Waals surface area contributed by atoms with Gasteiger partial charge >= 0.3 is 0 Å². The normalized spacial score (nSPS) is 15.1. The Morgan fingerprint density at radius 2 is 1.12 bits per heavy atom. The molecule has 0 fully saturated rings. The Labute approximate surface area is 150 Å². The van der Waals surface area contributed by atoms with Crippen LogP contribution in [0.25, 0.3) is 16.7 Å². The third kappa shape index (κ3) is 2.46. The van der Waals surface area contributed by atoms with Gasteiger partial charge in [0.15, 0.2) is 0 Å². The molecule has 0 radical (unpaired) electrons. The molecule has 0 aromatic heterocycles. The van der Waals surface area contributed by atoms with E-state index in [-0.39, 0.29) is 5.41 Å². The van der Waals surface area contributed by atoms with Gasteiger partial charge in [-0.05, 0) is 47.2 Å². The first kappa shape index (κ1) is 15.7. The maximum absolute atomic E-state index is 4.20. The van der Waals surface area contributed by atoms with Crippen LogP contribution in [-0.4, -0.2) is 0 Å². The molecule has 0 nitrogen and oxygen atoms in total. The molecular formula is C25H22. The van der Waals surface area contributed by atoms with Crippen LogP contribution in [0.4, 0.5) is 0 Å². The number of rotatable bonds is 4. The van der Waals surface area contributed by atoms with Crippen molar-refractivity contribution in [1.29, 1.82) is 0 Å². The second-order valence-electron chi connectivity index (χ2n) is 6.93. The van der Waals surface area contributed by atoms with Gasteiger partial charge in [0.05, 0.1) is 0 Å². The molecule has 0 saturated heterocycles. The first-order valence-corrected chi connectivity index (χ1v) is 8.75. The van der Waals surface area contributed by atoms with Crippen LogP contribution < -0.4 is 0 Å². The van der Waals surface area contributed by atoms with Crippen LogP contribution in [0.2, 0.25) is 0 Å². The Kier molecular flexibility index (Phi) is 3.69. The van der Waals surface area contributed by atoms with Gasteiger partial charge in [-0.15, -0.1) is 0 Å². The first-order valence-electron chi connectivity index (χ1n) is 8.75. The molecule has 0 heteroatoms. The molecule has 0 atom stereocenters. The molecule has 0 unspecified atom stereocenters. The van der Waals surface area contributed by atoms with Gasteiger partial charge in [0.1, 0.15) is 0 Å². The first-order chi connectivity index (χ1) is 12.1. The third-order valence-electron chi connectivity index (χ3n) is 5.24. The summed E-state index contributed by atoms with van der Waals surface area (Å²) >= 11 is 0. The highest BCUT2D eigenvalue weighted by atomic mass is 14.5. The lowest BCUT2D eigenvalue weighted by atomic mass is 9.82. The fraction of sp³-hybridized carbons (Fsp3) is 0.120. The Balaban J connectivity index is 1.92. The zero-order valence-electron chi connectivity index (χ0n) is 14.8. The SMILES string of the molecule is C=C(C)c1ccccc1C1(C)C(c2ccccc2)=C1c1ccccc1. The lowest BCUT2D eigenvalue weighted by Gasteiger charge is -2.20. The van der Waals surface area contributed by atoms with Crippen LogP contribution in [0, 0.1) is 0 Å². The predicted octanol–water partition coefficient (Wildman–Crippen LogP) is 6.60. The zero-order chi connectivity index (χ0) is 17.4. The summed E-state index contributed by atoms with van der Waals surface area (Å²) in [4.78, 5) is 0. The summed E-state index contributed by atoms with van der Waals surface area (Å²) in [5, 5.41) is 0. The summed E-state index contributed by atoms with van der Waals surface area (Å²) in [6.07, 6.45) is 0. The Morgan fingerprint density at radius 1 is 0.680 bits per heavy atom. The van der Waals surface area contributed by atoms with Crippen LogP contribution >= 0.6 is 0 Å². The monoisotopic (exact) mass is 322 g/mol. The van der Waals surface area contributed by atoms with Gasteiger partial charge in [-0.2, -0.15) is 0 Å². The fourth-order valence-electron chi connectivity index (χ4n) is 4.01. The molecule has 1 aliphatic rings. The van der Waals surface area contributed by atoms with Crippen molar-refractivity contribution in [3.63, 3.8) is 0 Å². The van der Waals surface area contributed by atoms with Gasteiger partial charge in [-0.25, -0.2) is 0 Å². The maximum Gasteiger partial charge on any atom is 0.0447 e. The Hall–Kier alpha value is -2.86. The summed E-state index contributed by atoms with van der Waals surface area (Å²) in [6, 6.07) is 30.2. The van der Waals surface area contributed by atoms with Gasteiger partial charge in [-0.1, -0.05) is 97.1 Å². The average Bonchev–Trinajstić information content (AvgIpc) is 3.30. The molecule has 0 N–H and O–H groups in total. The van der Waals surface area contributed by atoms with E-state index in [0.717, 1.165) is 5.57 Å². The minimum absolute atomic E-state index is 0.0712. The molecule has 1 aliphatic carbocycles. The molecule has 0 spiro atoms. The van der Waals surface area contributed by atoms with Crippen molar-refractivity contribution in [3.8, 4) is 0 Å². The molecule has 0 heterocycles. The fourth-order valence-corrected chi connectivity index (χ4v) is 4.01. The van der Waals surface area contributed by atoms with Gasteiger partial charge in [0.25, 0.3) is 0 Å². The summed E-state index contributed by atoms with van der Waals surface area (Å²) < 4.78 is 0. The largest absolute Gasteiger partial charge is 0.0955 e. The van der Waals surface area contributed by atoms with E-state index >= 15 is 0 Å². The van der Waals surface area contributed by atoms with E-state index in [9.17, 15) is 0 Å². The Morgan fingerprint density at radius 3 is 1.60 bits per heavy atom.